The summed E-state index contributed by atoms with van der Waals surface area (Å²) in [6.07, 6.45) is 3.62. The summed E-state index contributed by atoms with van der Waals surface area (Å²) in [5.74, 6) is -1.59. The van der Waals surface area contributed by atoms with Gasteiger partial charge in [-0.2, -0.15) is 0 Å². The molecule has 2 N–H and O–H groups in total. The number of hydrogen-bond donors (Lipinski definition) is 2. The number of aromatic hydroxyl groups is 1. The minimum Gasteiger partial charge on any atom is -0.508 e. The predicted molar refractivity (Wildman–Crippen MR) is 118 cm³/mol. The summed E-state index contributed by atoms with van der Waals surface area (Å²) in [6.45, 7) is 4.61. The Morgan fingerprint density at radius 1 is 1.13 bits per heavy atom. The molecule has 0 saturated heterocycles. The van der Waals surface area contributed by atoms with Crippen molar-refractivity contribution in [3.05, 3.63) is 83.1 Å². The molecule has 1 heterocycles. The van der Waals surface area contributed by atoms with E-state index in [1.165, 1.54) is 23.1 Å². The number of carbonyl (C=O) groups is 2. The Morgan fingerprint density at radius 3 is 2.55 bits per heavy atom. The van der Waals surface area contributed by atoms with Gasteiger partial charge in [0.05, 0.1) is 17.7 Å². The molecule has 0 radical (unpaired) electrons. The van der Waals surface area contributed by atoms with Gasteiger partial charge in [-0.05, 0) is 49.6 Å². The molecule has 0 fully saturated rings. The number of rotatable bonds is 9. The van der Waals surface area contributed by atoms with Crippen LogP contribution in [-0.4, -0.2) is 46.1 Å². The van der Waals surface area contributed by atoms with Gasteiger partial charge >= 0.3 is 0 Å². The minimum atomic E-state index is -0.786. The van der Waals surface area contributed by atoms with E-state index in [-0.39, 0.29) is 17.4 Å². The second-order valence-electron chi connectivity index (χ2n) is 7.64. The van der Waals surface area contributed by atoms with Gasteiger partial charge in [0.1, 0.15) is 5.75 Å². The maximum absolute atomic E-state index is 13.0. The van der Waals surface area contributed by atoms with Crippen LogP contribution in [0.4, 0.5) is 0 Å². The first-order valence-electron chi connectivity index (χ1n) is 10.3. The summed E-state index contributed by atoms with van der Waals surface area (Å²) < 4.78 is 5.55. The van der Waals surface area contributed by atoms with Crippen LogP contribution in [0.25, 0.3) is 6.08 Å². The van der Waals surface area contributed by atoms with Crippen molar-refractivity contribution in [1.82, 2.24) is 4.90 Å². The van der Waals surface area contributed by atoms with Crippen molar-refractivity contribution < 1.29 is 24.5 Å². The third kappa shape index (κ3) is 5.41. The molecule has 162 valence electrons. The lowest BCUT2D eigenvalue weighted by atomic mass is 9.95. The Hall–Kier alpha value is -3.38. The van der Waals surface area contributed by atoms with Crippen molar-refractivity contribution in [3.63, 3.8) is 0 Å². The van der Waals surface area contributed by atoms with Crippen molar-refractivity contribution in [1.29, 1.82) is 0 Å². The zero-order valence-corrected chi connectivity index (χ0v) is 17.7. The molecule has 1 amide bonds. The Kier molecular flexibility index (Phi) is 7.26. The fourth-order valence-corrected chi connectivity index (χ4v) is 3.56. The van der Waals surface area contributed by atoms with Crippen LogP contribution in [0.5, 0.6) is 5.75 Å². The second-order valence-corrected chi connectivity index (χ2v) is 7.64. The van der Waals surface area contributed by atoms with E-state index < -0.39 is 23.5 Å². The van der Waals surface area contributed by atoms with E-state index in [1.54, 1.807) is 18.2 Å². The highest BCUT2D eigenvalue weighted by atomic mass is 16.5. The zero-order chi connectivity index (χ0) is 22.4. The van der Waals surface area contributed by atoms with Gasteiger partial charge in [0, 0.05) is 13.2 Å². The molecule has 3 rings (SSSR count). The molecule has 0 spiro atoms. The number of allylic oxidation sites excluding steroid dienone is 1. The minimum absolute atomic E-state index is 0.00700. The first kappa shape index (κ1) is 22.3. The van der Waals surface area contributed by atoms with Crippen molar-refractivity contribution in [3.8, 4) is 5.75 Å². The monoisotopic (exact) mass is 421 g/mol. The molecule has 0 saturated carbocycles. The van der Waals surface area contributed by atoms with Gasteiger partial charge in [-0.25, -0.2) is 0 Å². The van der Waals surface area contributed by atoms with E-state index in [0.717, 1.165) is 5.56 Å². The third-order valence-corrected chi connectivity index (χ3v) is 4.98. The number of benzene rings is 2. The number of aliphatic hydroxyl groups excluding tert-OH is 1. The van der Waals surface area contributed by atoms with Crippen LogP contribution in [0.15, 0.2) is 72.0 Å². The van der Waals surface area contributed by atoms with Gasteiger partial charge in [0.2, 0.25) is 0 Å². The van der Waals surface area contributed by atoms with E-state index in [4.69, 9.17) is 4.74 Å². The lowest BCUT2D eigenvalue weighted by Crippen LogP contribution is -2.32. The fourth-order valence-electron chi connectivity index (χ4n) is 3.56. The molecule has 1 aliphatic rings. The quantitative estimate of drug-likeness (QED) is 0.468. The van der Waals surface area contributed by atoms with Crippen LogP contribution in [0.3, 0.4) is 0 Å². The molecule has 1 atom stereocenters. The molecule has 0 aliphatic carbocycles. The van der Waals surface area contributed by atoms with Crippen molar-refractivity contribution in [2.24, 2.45) is 0 Å². The SMILES string of the molecule is CC(C)OCCCN1C(=O)C(O)=C(C(=O)/C=C/c2ccccc2)[C@H]1c1cccc(O)c1. The summed E-state index contributed by atoms with van der Waals surface area (Å²) in [4.78, 5) is 27.3. The first-order chi connectivity index (χ1) is 14.9. The molecule has 0 unspecified atom stereocenters. The van der Waals surface area contributed by atoms with Gasteiger partial charge in [0.25, 0.3) is 5.91 Å². The summed E-state index contributed by atoms with van der Waals surface area (Å²) >= 11 is 0. The summed E-state index contributed by atoms with van der Waals surface area (Å²) in [5.41, 5.74) is 1.39. The lowest BCUT2D eigenvalue weighted by Gasteiger charge is -2.26. The summed E-state index contributed by atoms with van der Waals surface area (Å²) in [5, 5.41) is 20.5. The maximum atomic E-state index is 13.0. The van der Waals surface area contributed by atoms with Crippen molar-refractivity contribution >= 4 is 17.8 Å². The third-order valence-electron chi connectivity index (χ3n) is 4.98. The topological polar surface area (TPSA) is 87.1 Å². The van der Waals surface area contributed by atoms with E-state index >= 15 is 0 Å². The van der Waals surface area contributed by atoms with Gasteiger partial charge in [-0.1, -0.05) is 48.5 Å². The first-order valence-corrected chi connectivity index (χ1v) is 10.3. The Balaban J connectivity index is 1.90. The molecule has 1 aliphatic heterocycles. The predicted octanol–water partition coefficient (Wildman–Crippen LogP) is 4.19. The number of ketones is 1. The highest BCUT2D eigenvalue weighted by molar-refractivity contribution is 6.14. The molecular weight excluding hydrogens is 394 g/mol. The smallest absolute Gasteiger partial charge is 0.290 e. The number of aliphatic hydroxyl groups is 1. The number of phenols is 1. The zero-order valence-electron chi connectivity index (χ0n) is 17.7. The van der Waals surface area contributed by atoms with Gasteiger partial charge in [-0.3, -0.25) is 9.59 Å². The maximum Gasteiger partial charge on any atom is 0.290 e. The molecule has 31 heavy (non-hydrogen) atoms. The van der Waals surface area contributed by atoms with E-state index in [1.807, 2.05) is 44.2 Å². The average Bonchev–Trinajstić information content (AvgIpc) is 3.00. The highest BCUT2D eigenvalue weighted by Crippen LogP contribution is 2.39. The number of hydrogen-bond acceptors (Lipinski definition) is 5. The molecule has 2 aromatic rings. The average molecular weight is 421 g/mol. The van der Waals surface area contributed by atoms with E-state index in [2.05, 4.69) is 0 Å². The number of ether oxygens (including phenoxy) is 1. The molecule has 6 nitrogen and oxygen atoms in total. The fraction of sp³-hybridized carbons (Fsp3) is 0.280. The molecular formula is C25H27NO5. The standard InChI is InChI=1S/C25H27NO5/c1-17(2)31-15-7-14-26-23(19-10-6-11-20(27)16-19)22(24(29)25(26)30)21(28)13-12-18-8-4-3-5-9-18/h3-6,8-13,16-17,23,27,29H,7,14-15H2,1-2H3/b13-12+/t23-/m1/s1. The Bertz CT molecular complexity index is 994. The second kappa shape index (κ2) is 10.1. The Morgan fingerprint density at radius 2 is 1.87 bits per heavy atom. The molecule has 0 aromatic heterocycles. The molecule has 0 bridgehead atoms. The number of carbonyl (C=O) groups excluding carboxylic acids is 2. The van der Waals surface area contributed by atoms with Crippen molar-refractivity contribution in [2.45, 2.75) is 32.4 Å². The Labute approximate surface area is 182 Å². The molecule has 6 heteroatoms. The van der Waals surface area contributed by atoms with Crippen LogP contribution in [0, 0.1) is 0 Å². The number of phenolic OH excluding ortho intramolecular Hbond substituents is 1. The van der Waals surface area contributed by atoms with Gasteiger partial charge in [-0.15, -0.1) is 0 Å². The largest absolute Gasteiger partial charge is 0.508 e. The number of nitrogens with zero attached hydrogens (tertiary/aromatic N) is 1. The highest BCUT2D eigenvalue weighted by Gasteiger charge is 2.42. The van der Waals surface area contributed by atoms with Crippen LogP contribution in [0.2, 0.25) is 0 Å². The van der Waals surface area contributed by atoms with Crippen LogP contribution in [0.1, 0.15) is 37.4 Å². The normalized spacial score (nSPS) is 16.7. The van der Waals surface area contributed by atoms with E-state index in [9.17, 15) is 19.8 Å². The summed E-state index contributed by atoms with van der Waals surface area (Å²) in [6, 6.07) is 14.9. The van der Waals surface area contributed by atoms with Gasteiger partial charge in [0.15, 0.2) is 11.5 Å². The van der Waals surface area contributed by atoms with Crippen LogP contribution in [-0.2, 0) is 14.3 Å². The van der Waals surface area contributed by atoms with Crippen molar-refractivity contribution in [2.75, 3.05) is 13.2 Å². The molecule has 2 aromatic carbocycles. The van der Waals surface area contributed by atoms with Gasteiger partial charge < -0.3 is 19.8 Å². The summed E-state index contributed by atoms with van der Waals surface area (Å²) in [7, 11) is 0. The number of amides is 1. The van der Waals surface area contributed by atoms with Crippen LogP contribution < -0.4 is 0 Å². The lowest BCUT2D eigenvalue weighted by molar-refractivity contribution is -0.129. The van der Waals surface area contributed by atoms with Crippen LogP contribution >= 0.6 is 0 Å². The van der Waals surface area contributed by atoms with E-state index in [0.29, 0.717) is 25.1 Å².